The fraction of sp³-hybridized carbons (Fsp3) is 0.448. The molecule has 5 rings (SSSR count). The van der Waals surface area contributed by atoms with E-state index in [1.165, 1.54) is 34.7 Å². The molecule has 2 aromatic carbocycles. The van der Waals surface area contributed by atoms with Gasteiger partial charge in [0.05, 0.1) is 5.69 Å². The smallest absolute Gasteiger partial charge is 0.317 e. The molecule has 1 saturated heterocycles. The number of hydrogen-bond acceptors (Lipinski definition) is 3. The number of carbonyl (C=O) groups excluding carboxylic acids is 1. The summed E-state index contributed by atoms with van der Waals surface area (Å²) in [5, 5.41) is 8.17. The maximum Gasteiger partial charge on any atom is 0.317 e. The monoisotopic (exact) mass is 488 g/mol. The van der Waals surface area contributed by atoms with Crippen molar-refractivity contribution in [1.82, 2.24) is 20.0 Å². The van der Waals surface area contributed by atoms with Gasteiger partial charge in [-0.15, -0.1) is 11.8 Å². The number of urea groups is 1. The summed E-state index contributed by atoms with van der Waals surface area (Å²) in [6.07, 6.45) is 2.49. The van der Waals surface area contributed by atoms with E-state index in [2.05, 4.69) is 91.4 Å². The number of likely N-dealkylation sites (tertiary alicyclic amines) is 1. The zero-order valence-electron chi connectivity index (χ0n) is 21.0. The van der Waals surface area contributed by atoms with Gasteiger partial charge in [0.2, 0.25) is 0 Å². The number of aromatic nitrogens is 2. The molecule has 2 heterocycles. The first-order valence-electron chi connectivity index (χ1n) is 12.9. The van der Waals surface area contributed by atoms with Crippen molar-refractivity contribution in [2.75, 3.05) is 18.8 Å². The van der Waals surface area contributed by atoms with Crippen LogP contribution in [-0.4, -0.2) is 39.6 Å². The summed E-state index contributed by atoms with van der Waals surface area (Å²) in [7, 11) is 0. The minimum absolute atomic E-state index is 0.0125. The molecule has 0 radical (unpaired) electrons. The molecule has 1 N–H and O–H groups in total. The Hall–Kier alpha value is -2.73. The van der Waals surface area contributed by atoms with Crippen molar-refractivity contribution in [3.8, 4) is 0 Å². The fourth-order valence-corrected chi connectivity index (χ4v) is 5.83. The Morgan fingerprint density at radius 1 is 1.06 bits per heavy atom. The molecule has 0 spiro atoms. The van der Waals surface area contributed by atoms with Crippen molar-refractivity contribution in [1.29, 1.82) is 0 Å². The number of thioether (sulfide) groups is 1. The van der Waals surface area contributed by atoms with Gasteiger partial charge in [-0.05, 0) is 61.8 Å². The van der Waals surface area contributed by atoms with Crippen LogP contribution in [0.2, 0.25) is 0 Å². The van der Waals surface area contributed by atoms with E-state index in [4.69, 9.17) is 5.10 Å². The summed E-state index contributed by atoms with van der Waals surface area (Å²) in [5.74, 6) is 2.17. The molecule has 2 atom stereocenters. The fourth-order valence-electron chi connectivity index (χ4n) is 5.16. The van der Waals surface area contributed by atoms with E-state index >= 15 is 0 Å². The molecule has 2 fully saturated rings. The summed E-state index contributed by atoms with van der Waals surface area (Å²) in [4.78, 5) is 16.5. The van der Waals surface area contributed by atoms with Gasteiger partial charge in [0.15, 0.2) is 0 Å². The second kappa shape index (κ2) is 10.5. The summed E-state index contributed by atoms with van der Waals surface area (Å²) < 4.78 is 2.21. The number of nitrogens with one attached hydrogen (secondary N) is 1. The molecule has 184 valence electrons. The Balaban J connectivity index is 1.34. The first-order valence-corrected chi connectivity index (χ1v) is 13.9. The van der Waals surface area contributed by atoms with Crippen molar-refractivity contribution >= 4 is 17.8 Å². The minimum Gasteiger partial charge on any atom is -0.334 e. The molecule has 6 heteroatoms. The number of rotatable bonds is 8. The molecular weight excluding hydrogens is 452 g/mol. The topological polar surface area (TPSA) is 50.2 Å². The molecule has 35 heavy (non-hydrogen) atoms. The van der Waals surface area contributed by atoms with Crippen LogP contribution in [0.5, 0.6) is 0 Å². The van der Waals surface area contributed by atoms with Gasteiger partial charge in [-0.3, -0.25) is 4.68 Å². The van der Waals surface area contributed by atoms with E-state index in [-0.39, 0.29) is 17.9 Å². The molecule has 2 aliphatic rings. The molecule has 0 bridgehead atoms. The molecule has 2 amide bonds. The molecule has 2 unspecified atom stereocenters. The maximum absolute atomic E-state index is 13.3. The van der Waals surface area contributed by atoms with Crippen molar-refractivity contribution < 1.29 is 4.79 Å². The van der Waals surface area contributed by atoms with Crippen LogP contribution < -0.4 is 5.32 Å². The molecule has 3 aromatic rings. The molecule has 1 aliphatic heterocycles. The highest BCUT2D eigenvalue weighted by Crippen LogP contribution is 2.44. The highest BCUT2D eigenvalue weighted by molar-refractivity contribution is 7.99. The largest absolute Gasteiger partial charge is 0.334 e. The summed E-state index contributed by atoms with van der Waals surface area (Å²) in [5.41, 5.74) is 4.92. The Morgan fingerprint density at radius 3 is 2.43 bits per heavy atom. The molecule has 1 saturated carbocycles. The summed E-state index contributed by atoms with van der Waals surface area (Å²) >= 11 is 1.83. The van der Waals surface area contributed by atoms with Gasteiger partial charge >= 0.3 is 6.03 Å². The Kier molecular flexibility index (Phi) is 7.19. The molecule has 5 nitrogen and oxygen atoms in total. The second-order valence-electron chi connectivity index (χ2n) is 10.1. The van der Waals surface area contributed by atoms with Crippen LogP contribution in [0.15, 0.2) is 65.6 Å². The van der Waals surface area contributed by atoms with Crippen LogP contribution in [0.3, 0.4) is 0 Å². The molecular formula is C29H36N4OS. The second-order valence-corrected chi connectivity index (χ2v) is 11.4. The lowest BCUT2D eigenvalue weighted by molar-refractivity contribution is 0.207. The van der Waals surface area contributed by atoms with E-state index < -0.39 is 0 Å². The lowest BCUT2D eigenvalue weighted by Gasteiger charge is -2.21. The first kappa shape index (κ1) is 24.0. The lowest BCUT2D eigenvalue weighted by Crippen LogP contribution is -2.38. The number of benzene rings is 2. The van der Waals surface area contributed by atoms with Crippen LogP contribution in [0.25, 0.3) is 0 Å². The Labute approximate surface area is 213 Å². The van der Waals surface area contributed by atoms with E-state index in [9.17, 15) is 4.79 Å². The quantitative estimate of drug-likeness (QED) is 0.366. The van der Waals surface area contributed by atoms with Gasteiger partial charge in [0.1, 0.15) is 0 Å². The predicted octanol–water partition coefficient (Wildman–Crippen LogP) is 6.55. The average Bonchev–Trinajstić information content (AvgIpc) is 3.46. The van der Waals surface area contributed by atoms with Crippen LogP contribution >= 0.6 is 11.8 Å². The summed E-state index contributed by atoms with van der Waals surface area (Å²) in [6.45, 7) is 8.53. The van der Waals surface area contributed by atoms with Gasteiger partial charge in [0, 0.05) is 54.0 Å². The zero-order valence-corrected chi connectivity index (χ0v) is 21.8. The number of hydrogen-bond donors (Lipinski definition) is 1. The number of amides is 2. The highest BCUT2D eigenvalue weighted by Gasteiger charge is 2.40. The van der Waals surface area contributed by atoms with Gasteiger partial charge in [0.25, 0.3) is 0 Å². The lowest BCUT2D eigenvalue weighted by atomic mass is 9.86. The Morgan fingerprint density at radius 2 is 1.77 bits per heavy atom. The SMILES string of the molecule is CCSc1ccc(CNC(=O)N2CC(c3ccccc3)C(c3cc(C4CC4)nn3C(C)C)C2)cc1. The molecule has 1 aliphatic carbocycles. The van der Waals surface area contributed by atoms with Crippen molar-refractivity contribution in [3.63, 3.8) is 0 Å². The average molecular weight is 489 g/mol. The van der Waals surface area contributed by atoms with Crippen LogP contribution in [0.4, 0.5) is 4.79 Å². The number of nitrogens with zero attached hydrogens (tertiary/aromatic N) is 3. The molecule has 1 aromatic heterocycles. The summed E-state index contributed by atoms with van der Waals surface area (Å²) in [6, 6.07) is 21.8. The van der Waals surface area contributed by atoms with E-state index in [0.29, 0.717) is 31.6 Å². The van der Waals surface area contributed by atoms with E-state index in [1.54, 1.807) is 0 Å². The van der Waals surface area contributed by atoms with Gasteiger partial charge < -0.3 is 10.2 Å². The third-order valence-electron chi connectivity index (χ3n) is 7.16. The van der Waals surface area contributed by atoms with Crippen molar-refractivity contribution in [3.05, 3.63) is 83.2 Å². The third-order valence-corrected chi connectivity index (χ3v) is 8.06. The highest BCUT2D eigenvalue weighted by atomic mass is 32.2. The van der Waals surface area contributed by atoms with Crippen LogP contribution in [0, 0.1) is 0 Å². The normalized spacial score (nSPS) is 19.9. The third kappa shape index (κ3) is 5.43. The van der Waals surface area contributed by atoms with Crippen LogP contribution in [-0.2, 0) is 6.54 Å². The van der Waals surface area contributed by atoms with Crippen molar-refractivity contribution in [2.45, 2.75) is 68.8 Å². The van der Waals surface area contributed by atoms with Gasteiger partial charge in [-0.1, -0.05) is 49.4 Å². The Bertz CT molecular complexity index is 1140. The first-order chi connectivity index (χ1) is 17.0. The maximum atomic E-state index is 13.3. The van der Waals surface area contributed by atoms with Crippen molar-refractivity contribution in [2.24, 2.45) is 0 Å². The van der Waals surface area contributed by atoms with Gasteiger partial charge in [-0.25, -0.2) is 4.79 Å². The van der Waals surface area contributed by atoms with Gasteiger partial charge in [-0.2, -0.15) is 5.10 Å². The van der Waals surface area contributed by atoms with E-state index in [0.717, 1.165) is 11.3 Å². The minimum atomic E-state index is 0.0125. The standard InChI is InChI=1S/C29H36N4OS/c1-4-35-24-14-10-21(11-15-24)17-30-29(34)32-18-25(22-8-6-5-7-9-22)26(19-32)28-16-27(23-12-13-23)31-33(28)20(2)3/h5-11,14-16,20,23,25-26H,4,12-13,17-19H2,1-3H3,(H,30,34). The predicted molar refractivity (Wildman–Crippen MR) is 143 cm³/mol. The number of carbonyl (C=O) groups is 1. The van der Waals surface area contributed by atoms with E-state index in [1.807, 2.05) is 16.7 Å². The zero-order chi connectivity index (χ0) is 24.4. The van der Waals surface area contributed by atoms with Crippen LogP contribution in [0.1, 0.15) is 79.9 Å².